The van der Waals surface area contributed by atoms with Crippen LogP contribution in [0.1, 0.15) is 34.5 Å². The van der Waals surface area contributed by atoms with Crippen molar-refractivity contribution in [3.63, 3.8) is 0 Å². The van der Waals surface area contributed by atoms with E-state index in [0.717, 1.165) is 11.1 Å². The zero-order valence-electron chi connectivity index (χ0n) is 19.2. The second kappa shape index (κ2) is 11.0. The fourth-order valence-electron chi connectivity index (χ4n) is 3.51. The molecule has 0 aliphatic carbocycles. The highest BCUT2D eigenvalue weighted by atomic mass is 32.2. The second-order valence-corrected chi connectivity index (χ2v) is 9.35. The Morgan fingerprint density at radius 3 is 2.32 bits per heavy atom. The molecule has 9 heteroatoms. The highest BCUT2D eigenvalue weighted by Crippen LogP contribution is 2.28. The Morgan fingerprint density at radius 2 is 1.68 bits per heavy atom. The van der Waals surface area contributed by atoms with E-state index in [4.69, 9.17) is 9.47 Å². The lowest BCUT2D eigenvalue weighted by atomic mass is 10.1. The van der Waals surface area contributed by atoms with Crippen molar-refractivity contribution < 1.29 is 27.8 Å². The van der Waals surface area contributed by atoms with Gasteiger partial charge in [-0.1, -0.05) is 36.4 Å². The lowest BCUT2D eigenvalue weighted by Crippen LogP contribution is -2.27. The third-order valence-electron chi connectivity index (χ3n) is 5.34. The van der Waals surface area contributed by atoms with E-state index in [9.17, 15) is 18.3 Å². The van der Waals surface area contributed by atoms with E-state index in [2.05, 4.69) is 10.0 Å². The summed E-state index contributed by atoms with van der Waals surface area (Å²) in [6, 6.07) is 18.3. The molecule has 0 amide bonds. The first kappa shape index (κ1) is 25.1. The molecule has 3 aromatic carbocycles. The summed E-state index contributed by atoms with van der Waals surface area (Å²) in [6.07, 6.45) is 0.593. The van der Waals surface area contributed by atoms with Gasteiger partial charge in [-0.15, -0.1) is 0 Å². The van der Waals surface area contributed by atoms with Gasteiger partial charge >= 0.3 is 5.97 Å². The summed E-state index contributed by atoms with van der Waals surface area (Å²) in [5.74, 6) is 0.0131. The van der Waals surface area contributed by atoms with Crippen LogP contribution >= 0.6 is 0 Å². The van der Waals surface area contributed by atoms with Crippen molar-refractivity contribution in [1.82, 2.24) is 4.72 Å². The van der Waals surface area contributed by atoms with Gasteiger partial charge in [0, 0.05) is 18.3 Å². The van der Waals surface area contributed by atoms with E-state index in [-0.39, 0.29) is 10.5 Å². The number of benzene rings is 3. The quantitative estimate of drug-likeness (QED) is 0.375. The summed E-state index contributed by atoms with van der Waals surface area (Å²) < 4.78 is 38.9. The minimum absolute atomic E-state index is 0.113. The topological polar surface area (TPSA) is 114 Å². The number of rotatable bonds is 11. The molecule has 0 aromatic heterocycles. The molecule has 1 atom stereocenters. The van der Waals surface area contributed by atoms with Gasteiger partial charge in [0.1, 0.15) is 0 Å². The minimum Gasteiger partial charge on any atom is -0.493 e. The normalized spacial score (nSPS) is 12.1. The van der Waals surface area contributed by atoms with Crippen LogP contribution in [0.25, 0.3) is 0 Å². The number of anilines is 1. The third-order valence-corrected chi connectivity index (χ3v) is 6.88. The molecule has 0 spiro atoms. The van der Waals surface area contributed by atoms with Crippen LogP contribution in [0.15, 0.2) is 71.6 Å². The highest BCUT2D eigenvalue weighted by molar-refractivity contribution is 7.89. The predicted molar refractivity (Wildman–Crippen MR) is 130 cm³/mol. The van der Waals surface area contributed by atoms with E-state index >= 15 is 0 Å². The molecule has 0 saturated carbocycles. The van der Waals surface area contributed by atoms with Crippen LogP contribution in [0.3, 0.4) is 0 Å². The Bertz CT molecular complexity index is 1250. The second-order valence-electron chi connectivity index (χ2n) is 7.63. The SMILES string of the molecule is COc1ccc(CCNc2ccc(S(=O)(=O)NC(C)c3ccccc3)cc2C(=O)O)cc1OC. The van der Waals surface area contributed by atoms with Crippen LogP contribution in [0.5, 0.6) is 11.5 Å². The molecule has 0 radical (unpaired) electrons. The maximum absolute atomic E-state index is 12.9. The Hall–Kier alpha value is -3.56. The molecule has 0 aliphatic heterocycles. The van der Waals surface area contributed by atoms with Crippen molar-refractivity contribution in [3.8, 4) is 11.5 Å². The average molecular weight is 485 g/mol. The van der Waals surface area contributed by atoms with E-state index in [1.165, 1.54) is 18.2 Å². The Balaban J connectivity index is 1.73. The first-order valence-electron chi connectivity index (χ1n) is 10.6. The van der Waals surface area contributed by atoms with Gasteiger partial charge in [-0.3, -0.25) is 0 Å². The molecular formula is C25H28N2O6S. The van der Waals surface area contributed by atoms with Crippen LogP contribution in [-0.2, 0) is 16.4 Å². The van der Waals surface area contributed by atoms with Gasteiger partial charge in [0.25, 0.3) is 0 Å². The number of methoxy groups -OCH3 is 2. The molecule has 3 rings (SSSR count). The smallest absolute Gasteiger partial charge is 0.337 e. The zero-order valence-corrected chi connectivity index (χ0v) is 20.1. The molecule has 1 unspecified atom stereocenters. The summed E-state index contributed by atoms with van der Waals surface area (Å²) >= 11 is 0. The lowest BCUT2D eigenvalue weighted by Gasteiger charge is -2.16. The summed E-state index contributed by atoms with van der Waals surface area (Å²) in [4.78, 5) is 11.7. The number of sulfonamides is 1. The molecule has 180 valence electrons. The van der Waals surface area contributed by atoms with Gasteiger partial charge in [0.15, 0.2) is 11.5 Å². The molecule has 0 aliphatic rings. The molecule has 0 saturated heterocycles. The average Bonchev–Trinajstić information content (AvgIpc) is 2.84. The van der Waals surface area contributed by atoms with Crippen molar-refractivity contribution >= 4 is 21.7 Å². The number of carboxylic acid groups (broad SMARTS) is 1. The van der Waals surface area contributed by atoms with Crippen LogP contribution in [0.4, 0.5) is 5.69 Å². The van der Waals surface area contributed by atoms with Gasteiger partial charge in [0.2, 0.25) is 10.0 Å². The van der Waals surface area contributed by atoms with Crippen LogP contribution in [0, 0.1) is 0 Å². The standard InChI is InChI=1S/C25H28N2O6S/c1-17(19-7-5-4-6-8-19)27-34(30,31)20-10-11-22(21(16-20)25(28)29)26-14-13-18-9-12-23(32-2)24(15-18)33-3/h4-12,15-17,26-27H,13-14H2,1-3H3,(H,28,29). The van der Waals surface area contributed by atoms with Crippen molar-refractivity contribution in [2.45, 2.75) is 24.3 Å². The van der Waals surface area contributed by atoms with Crippen LogP contribution in [-0.4, -0.2) is 40.3 Å². The van der Waals surface area contributed by atoms with Crippen molar-refractivity contribution in [1.29, 1.82) is 0 Å². The predicted octanol–water partition coefficient (Wildman–Crippen LogP) is 4.10. The summed E-state index contributed by atoms with van der Waals surface area (Å²) in [7, 11) is -0.802. The summed E-state index contributed by atoms with van der Waals surface area (Å²) in [6.45, 7) is 2.17. The lowest BCUT2D eigenvalue weighted by molar-refractivity contribution is 0.0697. The molecule has 3 aromatic rings. The number of aromatic carboxylic acids is 1. The molecule has 3 N–H and O–H groups in total. The molecular weight excluding hydrogens is 456 g/mol. The number of hydrogen-bond donors (Lipinski definition) is 3. The van der Waals surface area contributed by atoms with E-state index in [0.29, 0.717) is 30.2 Å². The van der Waals surface area contributed by atoms with Crippen molar-refractivity contribution in [2.24, 2.45) is 0 Å². The third kappa shape index (κ3) is 6.06. The largest absolute Gasteiger partial charge is 0.493 e. The Morgan fingerprint density at radius 1 is 0.971 bits per heavy atom. The fraction of sp³-hybridized carbons (Fsp3) is 0.240. The van der Waals surface area contributed by atoms with Crippen molar-refractivity contribution in [3.05, 3.63) is 83.4 Å². The highest BCUT2D eigenvalue weighted by Gasteiger charge is 2.21. The number of ether oxygens (including phenoxy) is 2. The van der Waals surface area contributed by atoms with Gasteiger partial charge in [-0.05, 0) is 54.8 Å². The molecule has 34 heavy (non-hydrogen) atoms. The van der Waals surface area contributed by atoms with Gasteiger partial charge in [-0.2, -0.15) is 0 Å². The number of carboxylic acids is 1. The number of carbonyl (C=O) groups is 1. The van der Waals surface area contributed by atoms with Gasteiger partial charge in [0.05, 0.1) is 24.7 Å². The van der Waals surface area contributed by atoms with E-state index in [1.807, 2.05) is 42.5 Å². The molecule has 0 heterocycles. The summed E-state index contributed by atoms with van der Waals surface area (Å²) in [5.41, 5.74) is 1.99. The monoisotopic (exact) mass is 484 g/mol. The first-order valence-corrected chi connectivity index (χ1v) is 12.1. The zero-order chi connectivity index (χ0) is 24.7. The van der Waals surface area contributed by atoms with Gasteiger partial charge in [-0.25, -0.2) is 17.9 Å². The fourth-order valence-corrected chi connectivity index (χ4v) is 4.77. The maximum atomic E-state index is 12.9. The minimum atomic E-state index is -3.93. The first-order chi connectivity index (χ1) is 16.2. The molecule has 0 bridgehead atoms. The van der Waals surface area contributed by atoms with E-state index in [1.54, 1.807) is 27.2 Å². The molecule has 0 fully saturated rings. The summed E-state index contributed by atoms with van der Waals surface area (Å²) in [5, 5.41) is 12.8. The van der Waals surface area contributed by atoms with Crippen LogP contribution in [0.2, 0.25) is 0 Å². The number of hydrogen-bond acceptors (Lipinski definition) is 6. The Labute approximate surface area is 199 Å². The van der Waals surface area contributed by atoms with Crippen molar-refractivity contribution in [2.75, 3.05) is 26.1 Å². The van der Waals surface area contributed by atoms with Crippen LogP contribution < -0.4 is 19.5 Å². The van der Waals surface area contributed by atoms with Gasteiger partial charge < -0.3 is 19.9 Å². The van der Waals surface area contributed by atoms with E-state index < -0.39 is 22.0 Å². The molecule has 8 nitrogen and oxygen atoms in total. The number of nitrogens with one attached hydrogen (secondary N) is 2. The maximum Gasteiger partial charge on any atom is 0.337 e. The Kier molecular flexibility index (Phi) is 8.14.